The first-order valence-electron chi connectivity index (χ1n) is 6.44. The van der Waals surface area contributed by atoms with Crippen molar-refractivity contribution >= 4 is 11.6 Å². The summed E-state index contributed by atoms with van der Waals surface area (Å²) in [6.45, 7) is 5.08. The van der Waals surface area contributed by atoms with Gasteiger partial charge in [-0.25, -0.2) is 4.98 Å². The molecule has 1 heterocycles. The summed E-state index contributed by atoms with van der Waals surface area (Å²) in [7, 11) is 0. The van der Waals surface area contributed by atoms with Gasteiger partial charge in [0.2, 0.25) is 0 Å². The van der Waals surface area contributed by atoms with Gasteiger partial charge in [-0.3, -0.25) is 0 Å². The highest BCUT2D eigenvalue weighted by molar-refractivity contribution is 6.16. The summed E-state index contributed by atoms with van der Waals surface area (Å²) in [4.78, 5) is 7.77. The lowest BCUT2D eigenvalue weighted by atomic mass is 9.79. The summed E-state index contributed by atoms with van der Waals surface area (Å²) in [5.74, 6) is 2.24. The minimum atomic E-state index is -0.203. The Morgan fingerprint density at radius 2 is 2.24 bits per heavy atom. The first kappa shape index (κ1) is 12.9. The highest BCUT2D eigenvalue weighted by Gasteiger charge is 2.38. The zero-order valence-corrected chi connectivity index (χ0v) is 11.4. The maximum atomic E-state index is 6.03. The zero-order valence-electron chi connectivity index (χ0n) is 10.6. The van der Waals surface area contributed by atoms with Crippen molar-refractivity contribution in [1.29, 1.82) is 0 Å². The van der Waals surface area contributed by atoms with Gasteiger partial charge in [0.25, 0.3) is 0 Å². The van der Waals surface area contributed by atoms with Crippen molar-refractivity contribution in [3.8, 4) is 0 Å². The van der Waals surface area contributed by atoms with E-state index in [9.17, 15) is 0 Å². The van der Waals surface area contributed by atoms with Crippen LogP contribution in [0.5, 0.6) is 0 Å². The SMILES string of the molecule is CCOC1(c2ncc(CCl)[nH]2)CCC(C)CC1. The average molecular weight is 257 g/mol. The molecule has 0 aromatic carbocycles. The predicted octanol–water partition coefficient (Wildman–Crippen LogP) is 3.59. The number of nitrogens with zero attached hydrogens (tertiary/aromatic N) is 1. The molecule has 4 heteroatoms. The lowest BCUT2D eigenvalue weighted by Crippen LogP contribution is -2.35. The molecule has 0 amide bonds. The van der Waals surface area contributed by atoms with Crippen molar-refractivity contribution in [2.24, 2.45) is 5.92 Å². The lowest BCUT2D eigenvalue weighted by molar-refractivity contribution is -0.0832. The van der Waals surface area contributed by atoms with E-state index in [4.69, 9.17) is 16.3 Å². The van der Waals surface area contributed by atoms with Crippen LogP contribution in [-0.2, 0) is 16.2 Å². The highest BCUT2D eigenvalue weighted by Crippen LogP contribution is 2.41. The Morgan fingerprint density at radius 1 is 1.53 bits per heavy atom. The Morgan fingerprint density at radius 3 is 2.76 bits per heavy atom. The molecule has 0 bridgehead atoms. The first-order valence-corrected chi connectivity index (χ1v) is 6.98. The number of ether oxygens (including phenoxy) is 1. The fourth-order valence-corrected chi connectivity index (χ4v) is 2.75. The van der Waals surface area contributed by atoms with E-state index in [1.807, 2.05) is 13.1 Å². The molecule has 2 rings (SSSR count). The summed E-state index contributed by atoms with van der Waals surface area (Å²) in [6, 6.07) is 0. The summed E-state index contributed by atoms with van der Waals surface area (Å²) in [6.07, 6.45) is 6.34. The smallest absolute Gasteiger partial charge is 0.138 e. The number of alkyl halides is 1. The van der Waals surface area contributed by atoms with Crippen molar-refractivity contribution < 1.29 is 4.74 Å². The number of halogens is 1. The minimum absolute atomic E-state index is 0.203. The van der Waals surface area contributed by atoms with Gasteiger partial charge in [0, 0.05) is 18.5 Å². The van der Waals surface area contributed by atoms with Crippen molar-refractivity contribution in [2.75, 3.05) is 6.61 Å². The topological polar surface area (TPSA) is 37.9 Å². The van der Waals surface area contributed by atoms with Gasteiger partial charge in [-0.15, -0.1) is 11.6 Å². The first-order chi connectivity index (χ1) is 8.20. The van der Waals surface area contributed by atoms with Crippen LogP contribution in [0.4, 0.5) is 0 Å². The van der Waals surface area contributed by atoms with E-state index < -0.39 is 0 Å². The number of H-pyrrole nitrogens is 1. The third-order valence-electron chi connectivity index (χ3n) is 3.71. The molecule has 0 spiro atoms. The molecule has 1 aliphatic rings. The van der Waals surface area contributed by atoms with Crippen LogP contribution in [0.15, 0.2) is 6.20 Å². The molecule has 1 N–H and O–H groups in total. The Hall–Kier alpha value is -0.540. The van der Waals surface area contributed by atoms with Crippen LogP contribution < -0.4 is 0 Å². The molecule has 3 nitrogen and oxygen atoms in total. The van der Waals surface area contributed by atoms with Crippen LogP contribution in [-0.4, -0.2) is 16.6 Å². The molecule has 1 saturated carbocycles. The van der Waals surface area contributed by atoms with Gasteiger partial charge in [-0.1, -0.05) is 6.92 Å². The molecular formula is C13H21ClN2O. The zero-order chi connectivity index (χ0) is 12.3. The number of nitrogens with one attached hydrogen (secondary N) is 1. The molecule has 0 radical (unpaired) electrons. The van der Waals surface area contributed by atoms with Gasteiger partial charge in [-0.05, 0) is 38.5 Å². The average Bonchev–Trinajstić information content (AvgIpc) is 2.82. The van der Waals surface area contributed by atoms with Crippen LogP contribution in [0.25, 0.3) is 0 Å². The molecule has 1 fully saturated rings. The summed E-state index contributed by atoms with van der Waals surface area (Å²) in [5, 5.41) is 0. The van der Waals surface area contributed by atoms with Crippen molar-refractivity contribution in [1.82, 2.24) is 9.97 Å². The lowest BCUT2D eigenvalue weighted by Gasteiger charge is -2.37. The van der Waals surface area contributed by atoms with Gasteiger partial charge < -0.3 is 9.72 Å². The summed E-state index contributed by atoms with van der Waals surface area (Å²) in [5.41, 5.74) is 0.769. The second kappa shape index (κ2) is 5.40. The van der Waals surface area contributed by atoms with E-state index in [1.54, 1.807) is 0 Å². The van der Waals surface area contributed by atoms with Gasteiger partial charge in [0.1, 0.15) is 11.4 Å². The number of hydrogen-bond donors (Lipinski definition) is 1. The van der Waals surface area contributed by atoms with E-state index >= 15 is 0 Å². The van der Waals surface area contributed by atoms with Gasteiger partial charge >= 0.3 is 0 Å². The van der Waals surface area contributed by atoms with Gasteiger partial charge in [0.05, 0.1) is 5.88 Å². The van der Waals surface area contributed by atoms with Crippen molar-refractivity contribution in [3.63, 3.8) is 0 Å². The van der Waals surface area contributed by atoms with E-state index in [-0.39, 0.29) is 5.60 Å². The van der Waals surface area contributed by atoms with Crippen LogP contribution >= 0.6 is 11.6 Å². The molecule has 17 heavy (non-hydrogen) atoms. The molecule has 0 aliphatic heterocycles. The molecule has 1 aromatic rings. The van der Waals surface area contributed by atoms with E-state index in [1.165, 1.54) is 12.8 Å². The largest absolute Gasteiger partial charge is 0.367 e. The maximum absolute atomic E-state index is 6.03. The van der Waals surface area contributed by atoms with E-state index in [0.29, 0.717) is 5.88 Å². The maximum Gasteiger partial charge on any atom is 0.138 e. The molecule has 0 unspecified atom stereocenters. The summed E-state index contributed by atoms with van der Waals surface area (Å²) >= 11 is 5.81. The normalized spacial score (nSPS) is 29.5. The summed E-state index contributed by atoms with van der Waals surface area (Å²) < 4.78 is 6.03. The predicted molar refractivity (Wildman–Crippen MR) is 69.1 cm³/mol. The highest BCUT2D eigenvalue weighted by atomic mass is 35.5. The van der Waals surface area contributed by atoms with E-state index in [0.717, 1.165) is 36.9 Å². The van der Waals surface area contributed by atoms with E-state index in [2.05, 4.69) is 16.9 Å². The number of hydrogen-bond acceptors (Lipinski definition) is 2. The Bertz CT molecular complexity index is 356. The number of aromatic amines is 1. The molecule has 0 saturated heterocycles. The Labute approximate surface area is 108 Å². The van der Waals surface area contributed by atoms with Crippen molar-refractivity contribution in [2.45, 2.75) is 51.0 Å². The van der Waals surface area contributed by atoms with Gasteiger partial charge in [-0.2, -0.15) is 0 Å². The fraction of sp³-hybridized carbons (Fsp3) is 0.769. The standard InChI is InChI=1S/C13H21ClN2O/c1-3-17-13(6-4-10(2)5-7-13)12-15-9-11(8-14)16-12/h9-10H,3-8H2,1-2H3,(H,15,16). The third-order valence-corrected chi connectivity index (χ3v) is 3.99. The quantitative estimate of drug-likeness (QED) is 0.836. The Balaban J connectivity index is 2.21. The number of aromatic nitrogens is 2. The second-order valence-corrected chi connectivity index (χ2v) is 5.27. The van der Waals surface area contributed by atoms with Crippen LogP contribution in [0.3, 0.4) is 0 Å². The molecule has 1 aromatic heterocycles. The van der Waals surface area contributed by atoms with Crippen LogP contribution in [0.1, 0.15) is 51.0 Å². The number of rotatable bonds is 4. The van der Waals surface area contributed by atoms with Crippen molar-refractivity contribution in [3.05, 3.63) is 17.7 Å². The second-order valence-electron chi connectivity index (χ2n) is 5.00. The fourth-order valence-electron chi connectivity index (χ4n) is 2.61. The molecule has 0 atom stereocenters. The Kier molecular flexibility index (Phi) is 4.10. The minimum Gasteiger partial charge on any atom is -0.367 e. The van der Waals surface area contributed by atoms with Crippen LogP contribution in [0.2, 0.25) is 0 Å². The third kappa shape index (κ3) is 2.66. The van der Waals surface area contributed by atoms with Gasteiger partial charge in [0.15, 0.2) is 0 Å². The molecule has 96 valence electrons. The molecular weight excluding hydrogens is 236 g/mol. The molecule has 1 aliphatic carbocycles. The number of imidazole rings is 1. The monoisotopic (exact) mass is 256 g/mol. The van der Waals surface area contributed by atoms with Crippen LogP contribution in [0, 0.1) is 5.92 Å².